The third kappa shape index (κ3) is 6.30. The van der Waals surface area contributed by atoms with Gasteiger partial charge in [-0.1, -0.05) is 11.3 Å². The minimum Gasteiger partial charge on any atom is -0.342 e. The lowest BCUT2D eigenvalue weighted by Crippen LogP contribution is -2.29. The summed E-state index contributed by atoms with van der Waals surface area (Å²) in [5.74, 6) is -0.945. The van der Waals surface area contributed by atoms with E-state index in [-0.39, 0.29) is 22.4 Å². The van der Waals surface area contributed by atoms with Crippen molar-refractivity contribution in [2.24, 2.45) is 0 Å². The van der Waals surface area contributed by atoms with Crippen molar-refractivity contribution in [3.8, 4) is 11.2 Å². The molecule has 0 fully saturated rings. The molecule has 1 N–H and O–H groups in total. The van der Waals surface area contributed by atoms with Gasteiger partial charge in [-0.3, -0.25) is 9.59 Å². The van der Waals surface area contributed by atoms with Crippen molar-refractivity contribution < 1.29 is 31.2 Å². The Kier molecular flexibility index (Phi) is 7.70. The van der Waals surface area contributed by atoms with Crippen molar-refractivity contribution in [1.29, 1.82) is 5.26 Å². The van der Waals surface area contributed by atoms with E-state index >= 15 is 0 Å². The van der Waals surface area contributed by atoms with E-state index in [4.69, 9.17) is 5.26 Å². The highest BCUT2D eigenvalue weighted by atomic mass is 32.2. The van der Waals surface area contributed by atoms with Gasteiger partial charge in [-0.05, 0) is 32.0 Å². The fourth-order valence-corrected chi connectivity index (χ4v) is 4.69. The molecule has 0 spiro atoms. The molecule has 1 atom stereocenters. The zero-order valence-electron chi connectivity index (χ0n) is 19.9. The van der Waals surface area contributed by atoms with Crippen LogP contribution in [-0.4, -0.2) is 64.7 Å². The third-order valence-electron chi connectivity index (χ3n) is 4.94. The van der Waals surface area contributed by atoms with Crippen LogP contribution >= 0.6 is 11.3 Å². The van der Waals surface area contributed by atoms with Gasteiger partial charge in [-0.25, -0.2) is 18.4 Å². The number of rotatable bonds is 7. The van der Waals surface area contributed by atoms with Gasteiger partial charge in [0, 0.05) is 18.9 Å². The van der Waals surface area contributed by atoms with Gasteiger partial charge in [-0.15, -0.1) is 5.10 Å². The van der Waals surface area contributed by atoms with E-state index < -0.39 is 49.9 Å². The van der Waals surface area contributed by atoms with Gasteiger partial charge in [0.2, 0.25) is 5.13 Å². The quantitative estimate of drug-likeness (QED) is 0.437. The topological polar surface area (TPSA) is 151 Å². The number of hydrogen-bond donors (Lipinski definition) is 1. The largest absolute Gasteiger partial charge is 0.416 e. The lowest BCUT2D eigenvalue weighted by molar-refractivity contribution is -0.137. The van der Waals surface area contributed by atoms with E-state index in [1.54, 1.807) is 6.92 Å². The molecule has 196 valence electrons. The van der Waals surface area contributed by atoms with Crippen LogP contribution in [0.3, 0.4) is 0 Å². The van der Waals surface area contributed by atoms with Gasteiger partial charge in [0.1, 0.15) is 17.2 Å². The van der Waals surface area contributed by atoms with Crippen LogP contribution in [-0.2, 0) is 16.0 Å². The van der Waals surface area contributed by atoms with Crippen LogP contribution in [0.5, 0.6) is 0 Å². The molecule has 1 aromatic carbocycles. The predicted molar refractivity (Wildman–Crippen MR) is 125 cm³/mol. The molecular weight excluding hydrogens is 535 g/mol. The first kappa shape index (κ1) is 27.7. The standard InChI is InChI=1S/C21H20F3N7O4S2/c1-11(27-18(32)13-7-14(21(22,23)24)9-15(8-13)37(4,34)35)17-28-12(2)29-31(17)20-26-10-16(36-20)19(33)30(3)6-5-25/h7-11H,6H2,1-4H3,(H,27,32). The molecule has 16 heteroatoms. The number of alkyl halides is 3. The lowest BCUT2D eigenvalue weighted by atomic mass is 10.1. The molecule has 2 aromatic heterocycles. The second kappa shape index (κ2) is 10.3. The van der Waals surface area contributed by atoms with E-state index in [1.807, 2.05) is 6.07 Å². The molecule has 0 aliphatic rings. The number of carbonyl (C=O) groups is 2. The van der Waals surface area contributed by atoms with Crippen LogP contribution < -0.4 is 5.32 Å². The number of nitriles is 1. The molecular formula is C21H20F3N7O4S2. The highest BCUT2D eigenvalue weighted by molar-refractivity contribution is 7.90. The highest BCUT2D eigenvalue weighted by Gasteiger charge is 2.33. The van der Waals surface area contributed by atoms with Crippen LogP contribution in [0.15, 0.2) is 29.3 Å². The number of nitrogens with zero attached hydrogens (tertiary/aromatic N) is 6. The molecule has 0 saturated carbocycles. The van der Waals surface area contributed by atoms with Gasteiger partial charge in [0.15, 0.2) is 15.7 Å². The van der Waals surface area contributed by atoms with Gasteiger partial charge in [0.05, 0.1) is 28.8 Å². The molecule has 37 heavy (non-hydrogen) atoms. The predicted octanol–water partition coefficient (Wildman–Crippen LogP) is 2.54. The van der Waals surface area contributed by atoms with E-state index in [0.29, 0.717) is 18.0 Å². The monoisotopic (exact) mass is 555 g/mol. The first-order valence-electron chi connectivity index (χ1n) is 10.4. The van der Waals surface area contributed by atoms with Crippen LogP contribution in [0.2, 0.25) is 0 Å². The summed E-state index contributed by atoms with van der Waals surface area (Å²) in [6.45, 7) is 2.95. The Hall–Kier alpha value is -3.84. The van der Waals surface area contributed by atoms with Crippen molar-refractivity contribution in [2.45, 2.75) is 31.0 Å². The summed E-state index contributed by atoms with van der Waals surface area (Å²) >= 11 is 0.962. The minimum atomic E-state index is -4.88. The number of hydrogen-bond acceptors (Lipinski definition) is 9. The molecule has 11 nitrogen and oxygen atoms in total. The number of sulfone groups is 1. The van der Waals surface area contributed by atoms with Gasteiger partial charge in [-0.2, -0.15) is 23.1 Å². The molecule has 2 amide bonds. The Bertz CT molecular complexity index is 1510. The first-order chi connectivity index (χ1) is 17.1. The Balaban J connectivity index is 1.92. The van der Waals surface area contributed by atoms with Crippen molar-refractivity contribution in [1.82, 2.24) is 30.0 Å². The third-order valence-corrected chi connectivity index (χ3v) is 6.99. The van der Waals surface area contributed by atoms with E-state index in [9.17, 15) is 31.2 Å². The molecule has 1 unspecified atom stereocenters. The Morgan fingerprint density at radius 3 is 2.57 bits per heavy atom. The number of thiazole rings is 1. The Morgan fingerprint density at radius 1 is 1.30 bits per heavy atom. The fraction of sp³-hybridized carbons (Fsp3) is 0.333. The summed E-state index contributed by atoms with van der Waals surface area (Å²) in [7, 11) is -2.58. The molecule has 0 radical (unpaired) electrons. The number of amides is 2. The van der Waals surface area contributed by atoms with Crippen molar-refractivity contribution in [3.05, 3.63) is 52.0 Å². The summed E-state index contributed by atoms with van der Waals surface area (Å²) in [5.41, 5.74) is -1.79. The highest BCUT2D eigenvalue weighted by Crippen LogP contribution is 2.32. The minimum absolute atomic E-state index is 0.126. The fourth-order valence-electron chi connectivity index (χ4n) is 3.13. The molecule has 0 aliphatic heterocycles. The van der Waals surface area contributed by atoms with Crippen LogP contribution in [0.4, 0.5) is 13.2 Å². The Labute approximate surface area is 213 Å². The number of halogens is 3. The summed E-state index contributed by atoms with van der Waals surface area (Å²) in [6.07, 6.45) is -2.83. The Morgan fingerprint density at radius 2 is 1.97 bits per heavy atom. The number of nitrogens with one attached hydrogen (secondary N) is 1. The molecule has 0 saturated heterocycles. The normalized spacial score (nSPS) is 12.6. The van der Waals surface area contributed by atoms with E-state index in [0.717, 1.165) is 23.7 Å². The zero-order chi connectivity index (χ0) is 27.7. The number of aromatic nitrogens is 4. The number of aryl methyl sites for hydroxylation is 1. The summed E-state index contributed by atoms with van der Waals surface area (Å²) in [6, 6.07) is 2.84. The maximum absolute atomic E-state index is 13.3. The summed E-state index contributed by atoms with van der Waals surface area (Å²) < 4.78 is 65.0. The van der Waals surface area contributed by atoms with E-state index in [2.05, 4.69) is 20.4 Å². The number of benzene rings is 1. The summed E-state index contributed by atoms with van der Waals surface area (Å²) in [5, 5.41) is 15.7. The van der Waals surface area contributed by atoms with Crippen LogP contribution in [0.25, 0.3) is 5.13 Å². The van der Waals surface area contributed by atoms with E-state index in [1.165, 1.54) is 29.7 Å². The van der Waals surface area contributed by atoms with Crippen molar-refractivity contribution in [2.75, 3.05) is 19.8 Å². The van der Waals surface area contributed by atoms with Crippen molar-refractivity contribution in [3.63, 3.8) is 0 Å². The average molecular weight is 556 g/mol. The molecule has 3 rings (SSSR count). The molecule has 2 heterocycles. The molecule has 0 bridgehead atoms. The van der Waals surface area contributed by atoms with Crippen LogP contribution in [0.1, 0.15) is 50.2 Å². The maximum Gasteiger partial charge on any atom is 0.416 e. The van der Waals surface area contributed by atoms with Crippen molar-refractivity contribution >= 4 is 33.0 Å². The zero-order valence-corrected chi connectivity index (χ0v) is 21.5. The maximum atomic E-state index is 13.3. The molecule has 3 aromatic rings. The van der Waals surface area contributed by atoms with Gasteiger partial charge < -0.3 is 10.2 Å². The first-order valence-corrected chi connectivity index (χ1v) is 13.1. The summed E-state index contributed by atoms with van der Waals surface area (Å²) in [4.78, 5) is 34.5. The second-order valence-electron chi connectivity index (χ2n) is 7.97. The SMILES string of the molecule is Cc1nc(C(C)NC(=O)c2cc(C(F)(F)F)cc(S(C)(=O)=O)c2)n(-c2ncc(C(=O)N(C)CC#N)s2)n1. The van der Waals surface area contributed by atoms with Gasteiger partial charge in [0.25, 0.3) is 11.8 Å². The van der Waals surface area contributed by atoms with Crippen LogP contribution in [0, 0.1) is 18.3 Å². The second-order valence-corrected chi connectivity index (χ2v) is 11.0. The van der Waals surface area contributed by atoms with Gasteiger partial charge >= 0.3 is 6.18 Å². The number of carbonyl (C=O) groups excluding carboxylic acids is 2. The lowest BCUT2D eigenvalue weighted by Gasteiger charge is -2.15. The smallest absolute Gasteiger partial charge is 0.342 e. The average Bonchev–Trinajstić information content (AvgIpc) is 3.44. The molecule has 0 aliphatic carbocycles.